The molecule has 0 bridgehead atoms. The molecule has 2 amide bonds. The highest BCUT2D eigenvalue weighted by molar-refractivity contribution is 6.04. The second kappa shape index (κ2) is 7.57. The topological polar surface area (TPSA) is 75.7 Å². The van der Waals surface area contributed by atoms with Gasteiger partial charge in [-0.1, -0.05) is 12.1 Å². The number of nitrogens with zero attached hydrogens (tertiary/aromatic N) is 1. The first kappa shape index (κ1) is 18.6. The number of para-hydroxylation sites is 1. The molecule has 1 N–H and O–H groups in total. The van der Waals surface area contributed by atoms with Crippen molar-refractivity contribution >= 4 is 29.2 Å². The number of hydrogen-bond acceptors (Lipinski definition) is 4. The van der Waals surface area contributed by atoms with Crippen molar-refractivity contribution < 1.29 is 23.5 Å². The van der Waals surface area contributed by atoms with Crippen LogP contribution >= 0.6 is 0 Å². The number of ether oxygens (including phenoxy) is 1. The van der Waals surface area contributed by atoms with Gasteiger partial charge in [0.1, 0.15) is 5.82 Å². The van der Waals surface area contributed by atoms with Crippen LogP contribution in [-0.2, 0) is 14.3 Å². The number of methoxy groups -OCH3 is 1. The minimum absolute atomic E-state index is 0.0134. The van der Waals surface area contributed by atoms with Gasteiger partial charge in [-0.3, -0.25) is 9.59 Å². The molecule has 0 unspecified atom stereocenters. The predicted octanol–water partition coefficient (Wildman–Crippen LogP) is 2.91. The van der Waals surface area contributed by atoms with E-state index in [-0.39, 0.29) is 30.5 Å². The van der Waals surface area contributed by atoms with Crippen molar-refractivity contribution in [2.45, 2.75) is 13.3 Å². The van der Waals surface area contributed by atoms with Crippen LogP contribution in [-0.4, -0.2) is 31.4 Å². The van der Waals surface area contributed by atoms with Crippen molar-refractivity contribution in [3.63, 3.8) is 0 Å². The second-order valence-corrected chi connectivity index (χ2v) is 6.37. The van der Waals surface area contributed by atoms with Crippen molar-refractivity contribution in [1.82, 2.24) is 0 Å². The number of anilines is 2. The summed E-state index contributed by atoms with van der Waals surface area (Å²) in [5, 5.41) is 2.78. The van der Waals surface area contributed by atoms with E-state index in [0.29, 0.717) is 16.8 Å². The van der Waals surface area contributed by atoms with Gasteiger partial charge in [-0.05, 0) is 42.8 Å². The fourth-order valence-electron chi connectivity index (χ4n) is 3.07. The summed E-state index contributed by atoms with van der Waals surface area (Å²) in [4.78, 5) is 37.7. The van der Waals surface area contributed by atoms with Gasteiger partial charge < -0.3 is 15.0 Å². The first-order valence-corrected chi connectivity index (χ1v) is 8.45. The Bertz CT molecular complexity index is 913. The Balaban J connectivity index is 1.71. The lowest BCUT2D eigenvalue weighted by Crippen LogP contribution is -2.28. The molecule has 0 radical (unpaired) electrons. The summed E-state index contributed by atoms with van der Waals surface area (Å²) < 4.78 is 18.6. The maximum absolute atomic E-state index is 13.9. The number of rotatable bonds is 4. The van der Waals surface area contributed by atoms with Gasteiger partial charge in [-0.15, -0.1) is 0 Å². The van der Waals surface area contributed by atoms with Crippen LogP contribution in [0.1, 0.15) is 22.3 Å². The molecule has 140 valence electrons. The number of hydrogen-bond donors (Lipinski definition) is 1. The van der Waals surface area contributed by atoms with E-state index in [2.05, 4.69) is 10.1 Å². The first-order chi connectivity index (χ1) is 12.9. The van der Waals surface area contributed by atoms with Crippen LogP contribution in [0.25, 0.3) is 0 Å². The van der Waals surface area contributed by atoms with E-state index in [9.17, 15) is 18.8 Å². The highest BCUT2D eigenvalue weighted by Gasteiger charge is 2.36. The average molecular weight is 370 g/mol. The first-order valence-electron chi connectivity index (χ1n) is 8.45. The monoisotopic (exact) mass is 370 g/mol. The Morgan fingerprint density at radius 3 is 2.63 bits per heavy atom. The molecular weight excluding hydrogens is 351 g/mol. The number of benzene rings is 2. The number of nitrogens with one attached hydrogen (secondary N) is 1. The van der Waals surface area contributed by atoms with Crippen LogP contribution < -0.4 is 10.2 Å². The van der Waals surface area contributed by atoms with Gasteiger partial charge >= 0.3 is 5.97 Å². The smallest absolute Gasteiger partial charge is 0.337 e. The van der Waals surface area contributed by atoms with Gasteiger partial charge in [0, 0.05) is 18.7 Å². The van der Waals surface area contributed by atoms with Crippen LogP contribution in [0.5, 0.6) is 0 Å². The molecule has 3 rings (SSSR count). The van der Waals surface area contributed by atoms with Crippen LogP contribution in [0.2, 0.25) is 0 Å². The highest BCUT2D eigenvalue weighted by atomic mass is 19.1. The zero-order chi connectivity index (χ0) is 19.6. The third-order valence-corrected chi connectivity index (χ3v) is 4.54. The van der Waals surface area contributed by atoms with Gasteiger partial charge in [-0.25, -0.2) is 9.18 Å². The molecule has 1 atom stereocenters. The fraction of sp³-hybridized carbons (Fsp3) is 0.250. The van der Waals surface area contributed by atoms with Crippen molar-refractivity contribution in [2.75, 3.05) is 23.9 Å². The number of esters is 1. The zero-order valence-electron chi connectivity index (χ0n) is 15.0. The Morgan fingerprint density at radius 1 is 1.22 bits per heavy atom. The lowest BCUT2D eigenvalue weighted by atomic mass is 10.1. The molecule has 1 heterocycles. The average Bonchev–Trinajstić information content (AvgIpc) is 3.04. The summed E-state index contributed by atoms with van der Waals surface area (Å²) >= 11 is 0. The number of aryl methyl sites for hydroxylation is 1. The lowest BCUT2D eigenvalue weighted by molar-refractivity contribution is -0.122. The zero-order valence-corrected chi connectivity index (χ0v) is 15.0. The van der Waals surface area contributed by atoms with Crippen molar-refractivity contribution in [3.05, 3.63) is 59.4 Å². The molecule has 1 aliphatic rings. The van der Waals surface area contributed by atoms with Crippen molar-refractivity contribution in [3.8, 4) is 0 Å². The van der Waals surface area contributed by atoms with E-state index in [1.165, 1.54) is 24.1 Å². The highest BCUT2D eigenvalue weighted by Crippen LogP contribution is 2.28. The molecule has 27 heavy (non-hydrogen) atoms. The molecular formula is C20H19FN2O4. The van der Waals surface area contributed by atoms with Gasteiger partial charge in [0.25, 0.3) is 0 Å². The normalized spacial score (nSPS) is 16.3. The lowest BCUT2D eigenvalue weighted by Gasteiger charge is -2.17. The third-order valence-electron chi connectivity index (χ3n) is 4.54. The Labute approximate surface area is 155 Å². The number of amides is 2. The quantitative estimate of drug-likeness (QED) is 0.840. The summed E-state index contributed by atoms with van der Waals surface area (Å²) in [5.74, 6) is -2.16. The maximum Gasteiger partial charge on any atom is 0.337 e. The molecule has 0 aromatic heterocycles. The number of carbonyl (C=O) groups is 3. The van der Waals surface area contributed by atoms with E-state index in [4.69, 9.17) is 0 Å². The summed E-state index contributed by atoms with van der Waals surface area (Å²) in [6.07, 6.45) is 0.0134. The van der Waals surface area contributed by atoms with E-state index in [1.807, 2.05) is 0 Å². The molecule has 0 spiro atoms. The van der Waals surface area contributed by atoms with Gasteiger partial charge in [0.2, 0.25) is 11.8 Å². The van der Waals surface area contributed by atoms with Crippen LogP contribution in [0, 0.1) is 18.7 Å². The molecule has 2 aromatic rings. The fourth-order valence-corrected chi connectivity index (χ4v) is 3.07. The van der Waals surface area contributed by atoms with E-state index in [0.717, 1.165) is 0 Å². The maximum atomic E-state index is 13.9. The van der Waals surface area contributed by atoms with Gasteiger partial charge in [-0.2, -0.15) is 0 Å². The molecule has 6 nitrogen and oxygen atoms in total. The molecule has 0 aliphatic carbocycles. The Morgan fingerprint density at radius 2 is 1.96 bits per heavy atom. The summed E-state index contributed by atoms with van der Waals surface area (Å²) in [7, 11) is 1.30. The Hall–Kier alpha value is -3.22. The van der Waals surface area contributed by atoms with Crippen molar-refractivity contribution in [2.24, 2.45) is 5.92 Å². The standard InChI is InChI=1S/C20H19FN2O4/c1-12-9-13(20(26)27-2)7-8-16(12)22-19(25)14-10-18(24)23(11-14)17-6-4-3-5-15(17)21/h3-9,14H,10-11H2,1-2H3,(H,22,25)/t14-/m0/s1. The Kier molecular flexibility index (Phi) is 5.21. The molecule has 1 saturated heterocycles. The van der Waals surface area contributed by atoms with Crippen LogP contribution in [0.3, 0.4) is 0 Å². The second-order valence-electron chi connectivity index (χ2n) is 6.37. The minimum atomic E-state index is -0.586. The van der Waals surface area contributed by atoms with Crippen LogP contribution in [0.15, 0.2) is 42.5 Å². The number of halogens is 1. The largest absolute Gasteiger partial charge is 0.465 e. The molecule has 1 fully saturated rings. The predicted molar refractivity (Wildman–Crippen MR) is 98.0 cm³/mol. The molecule has 2 aromatic carbocycles. The SMILES string of the molecule is COC(=O)c1ccc(NC(=O)[C@H]2CC(=O)N(c3ccccc3F)C2)c(C)c1. The molecule has 1 aliphatic heterocycles. The van der Waals surface area contributed by atoms with Crippen LogP contribution in [0.4, 0.5) is 15.8 Å². The third kappa shape index (κ3) is 3.81. The van der Waals surface area contributed by atoms with Gasteiger partial charge in [0.05, 0.1) is 24.3 Å². The van der Waals surface area contributed by atoms with Crippen molar-refractivity contribution in [1.29, 1.82) is 0 Å². The summed E-state index contributed by atoms with van der Waals surface area (Å²) in [6, 6.07) is 10.8. The summed E-state index contributed by atoms with van der Waals surface area (Å²) in [5.41, 5.74) is 1.80. The molecule has 7 heteroatoms. The molecule has 0 saturated carbocycles. The summed E-state index contributed by atoms with van der Waals surface area (Å²) in [6.45, 7) is 1.87. The van der Waals surface area contributed by atoms with E-state index >= 15 is 0 Å². The van der Waals surface area contributed by atoms with E-state index < -0.39 is 17.7 Å². The van der Waals surface area contributed by atoms with E-state index in [1.54, 1.807) is 37.3 Å². The number of carbonyl (C=O) groups excluding carboxylic acids is 3. The van der Waals surface area contributed by atoms with Gasteiger partial charge in [0.15, 0.2) is 0 Å². The minimum Gasteiger partial charge on any atom is -0.465 e.